The SMILES string of the molecule is CN(Cc1nc(-c2ccc(F)c(F)c2)no1)C1CCCc2c1cnn2C. The van der Waals surface area contributed by atoms with Crippen LogP contribution in [0.5, 0.6) is 0 Å². The second kappa shape index (κ2) is 6.60. The van der Waals surface area contributed by atoms with Crippen LogP contribution in [-0.4, -0.2) is 31.9 Å². The Morgan fingerprint density at radius 3 is 2.96 bits per heavy atom. The van der Waals surface area contributed by atoms with Crippen molar-refractivity contribution in [1.82, 2.24) is 24.8 Å². The molecular weight excluding hydrogens is 340 g/mol. The quantitative estimate of drug-likeness (QED) is 0.716. The van der Waals surface area contributed by atoms with E-state index in [2.05, 4.69) is 20.1 Å². The molecule has 3 aromatic rings. The molecule has 4 rings (SSSR count). The zero-order valence-corrected chi connectivity index (χ0v) is 14.6. The maximum atomic E-state index is 13.4. The average Bonchev–Trinajstić information content (AvgIpc) is 3.24. The highest BCUT2D eigenvalue weighted by molar-refractivity contribution is 5.54. The Morgan fingerprint density at radius 1 is 1.31 bits per heavy atom. The first-order chi connectivity index (χ1) is 12.5. The molecule has 8 heteroatoms. The van der Waals surface area contributed by atoms with Crippen LogP contribution in [0.4, 0.5) is 8.78 Å². The highest BCUT2D eigenvalue weighted by Gasteiger charge is 2.27. The van der Waals surface area contributed by atoms with Gasteiger partial charge in [-0.15, -0.1) is 0 Å². The van der Waals surface area contributed by atoms with Crippen LogP contribution in [-0.2, 0) is 20.0 Å². The standard InChI is InChI=1S/C18H19F2N5O/c1-24(15-4-3-5-16-12(15)9-21-25(16)2)10-17-22-18(23-26-17)11-6-7-13(19)14(20)8-11/h6-9,15H,3-5,10H2,1-2H3. The summed E-state index contributed by atoms with van der Waals surface area (Å²) < 4.78 is 33.7. The van der Waals surface area contributed by atoms with Crippen molar-refractivity contribution in [3.8, 4) is 11.4 Å². The van der Waals surface area contributed by atoms with E-state index in [9.17, 15) is 8.78 Å². The molecule has 0 radical (unpaired) electrons. The highest BCUT2D eigenvalue weighted by Crippen LogP contribution is 2.34. The third kappa shape index (κ3) is 3.01. The number of fused-ring (bicyclic) bond motifs is 1. The average molecular weight is 359 g/mol. The van der Waals surface area contributed by atoms with E-state index in [0.717, 1.165) is 31.4 Å². The number of halogens is 2. The molecule has 1 aromatic carbocycles. The summed E-state index contributed by atoms with van der Waals surface area (Å²) in [5.41, 5.74) is 2.89. The number of hydrogen-bond acceptors (Lipinski definition) is 5. The number of hydrogen-bond donors (Lipinski definition) is 0. The second-order valence-electron chi connectivity index (χ2n) is 6.63. The van der Waals surface area contributed by atoms with Crippen LogP contribution in [0.25, 0.3) is 11.4 Å². The fourth-order valence-corrected chi connectivity index (χ4v) is 3.54. The van der Waals surface area contributed by atoms with E-state index in [1.807, 2.05) is 25.0 Å². The van der Waals surface area contributed by atoms with Gasteiger partial charge < -0.3 is 4.52 Å². The lowest BCUT2D eigenvalue weighted by Gasteiger charge is -2.30. The Hall–Kier alpha value is -2.61. The second-order valence-corrected chi connectivity index (χ2v) is 6.63. The summed E-state index contributed by atoms with van der Waals surface area (Å²) in [6.07, 6.45) is 5.11. The van der Waals surface area contributed by atoms with E-state index in [0.29, 0.717) is 18.0 Å². The topological polar surface area (TPSA) is 60.0 Å². The number of nitrogens with zero attached hydrogens (tertiary/aromatic N) is 5. The van der Waals surface area contributed by atoms with Crippen molar-refractivity contribution in [2.45, 2.75) is 31.8 Å². The molecule has 2 aromatic heterocycles. The normalized spacial score (nSPS) is 16.9. The van der Waals surface area contributed by atoms with E-state index in [4.69, 9.17) is 4.52 Å². The largest absolute Gasteiger partial charge is 0.338 e. The number of aryl methyl sites for hydroxylation is 1. The van der Waals surface area contributed by atoms with Crippen LogP contribution < -0.4 is 0 Å². The van der Waals surface area contributed by atoms with Crippen LogP contribution in [0.2, 0.25) is 0 Å². The van der Waals surface area contributed by atoms with E-state index >= 15 is 0 Å². The minimum absolute atomic E-state index is 0.242. The van der Waals surface area contributed by atoms with Crippen LogP contribution in [0, 0.1) is 11.6 Å². The minimum atomic E-state index is -0.933. The van der Waals surface area contributed by atoms with Gasteiger partial charge in [-0.1, -0.05) is 5.16 Å². The molecule has 26 heavy (non-hydrogen) atoms. The summed E-state index contributed by atoms with van der Waals surface area (Å²) >= 11 is 0. The first-order valence-corrected chi connectivity index (χ1v) is 8.52. The number of aromatic nitrogens is 4. The van der Waals surface area contributed by atoms with E-state index < -0.39 is 11.6 Å². The van der Waals surface area contributed by atoms with Gasteiger partial charge in [0.15, 0.2) is 11.6 Å². The first-order valence-electron chi connectivity index (χ1n) is 8.52. The van der Waals surface area contributed by atoms with Gasteiger partial charge >= 0.3 is 0 Å². The Bertz CT molecular complexity index is 936. The molecule has 1 atom stereocenters. The third-order valence-electron chi connectivity index (χ3n) is 4.91. The predicted molar refractivity (Wildman–Crippen MR) is 90.0 cm³/mol. The molecule has 1 unspecified atom stereocenters. The highest BCUT2D eigenvalue weighted by atomic mass is 19.2. The molecular formula is C18H19F2N5O. The van der Waals surface area contributed by atoms with Gasteiger partial charge in [-0.25, -0.2) is 8.78 Å². The van der Waals surface area contributed by atoms with Crippen LogP contribution in [0.3, 0.4) is 0 Å². The predicted octanol–water partition coefficient (Wildman–Crippen LogP) is 3.26. The van der Waals surface area contributed by atoms with Gasteiger partial charge in [0.25, 0.3) is 0 Å². The van der Waals surface area contributed by atoms with Gasteiger partial charge in [0.2, 0.25) is 11.7 Å². The maximum absolute atomic E-state index is 13.4. The Balaban J connectivity index is 1.51. The summed E-state index contributed by atoms with van der Waals surface area (Å²) in [6.45, 7) is 0.468. The molecule has 0 aliphatic heterocycles. The van der Waals surface area contributed by atoms with Crippen molar-refractivity contribution in [3.63, 3.8) is 0 Å². The van der Waals surface area contributed by atoms with Crippen molar-refractivity contribution in [3.05, 3.63) is 53.2 Å². The maximum Gasteiger partial charge on any atom is 0.241 e. The van der Waals surface area contributed by atoms with Gasteiger partial charge in [0.05, 0.1) is 12.7 Å². The molecule has 0 amide bonds. The fourth-order valence-electron chi connectivity index (χ4n) is 3.54. The Labute approximate surface area is 149 Å². The van der Waals surface area contributed by atoms with Crippen molar-refractivity contribution >= 4 is 0 Å². The van der Waals surface area contributed by atoms with Crippen LogP contribution in [0.15, 0.2) is 28.9 Å². The van der Waals surface area contributed by atoms with Gasteiger partial charge in [0, 0.05) is 29.9 Å². The molecule has 1 aliphatic rings. The number of rotatable bonds is 4. The molecule has 0 saturated heterocycles. The molecule has 0 N–H and O–H groups in total. The first kappa shape index (κ1) is 16.8. The van der Waals surface area contributed by atoms with Gasteiger partial charge in [-0.2, -0.15) is 10.1 Å². The van der Waals surface area contributed by atoms with E-state index in [1.165, 1.54) is 17.3 Å². The molecule has 0 saturated carbocycles. The van der Waals surface area contributed by atoms with Crippen molar-refractivity contribution in [1.29, 1.82) is 0 Å². The molecule has 1 aliphatic carbocycles. The molecule has 6 nitrogen and oxygen atoms in total. The molecule has 0 spiro atoms. The Morgan fingerprint density at radius 2 is 2.15 bits per heavy atom. The molecule has 0 fully saturated rings. The molecule has 2 heterocycles. The lowest BCUT2D eigenvalue weighted by molar-refractivity contribution is 0.186. The fraction of sp³-hybridized carbons (Fsp3) is 0.389. The van der Waals surface area contributed by atoms with E-state index in [1.54, 1.807) is 0 Å². The van der Waals surface area contributed by atoms with Gasteiger partial charge in [0.1, 0.15) is 0 Å². The van der Waals surface area contributed by atoms with Crippen molar-refractivity contribution < 1.29 is 13.3 Å². The third-order valence-corrected chi connectivity index (χ3v) is 4.91. The van der Waals surface area contributed by atoms with Crippen LogP contribution in [0.1, 0.15) is 36.0 Å². The van der Waals surface area contributed by atoms with Gasteiger partial charge in [-0.05, 0) is 44.5 Å². The Kier molecular flexibility index (Phi) is 4.28. The summed E-state index contributed by atoms with van der Waals surface area (Å²) in [5.74, 6) is -1.15. The van der Waals surface area contributed by atoms with Crippen molar-refractivity contribution in [2.75, 3.05) is 7.05 Å². The summed E-state index contributed by atoms with van der Waals surface area (Å²) in [7, 11) is 3.97. The zero-order chi connectivity index (χ0) is 18.3. The lowest BCUT2D eigenvalue weighted by atomic mass is 9.92. The smallest absolute Gasteiger partial charge is 0.241 e. The van der Waals surface area contributed by atoms with Gasteiger partial charge in [-0.3, -0.25) is 9.58 Å². The van der Waals surface area contributed by atoms with E-state index in [-0.39, 0.29) is 11.9 Å². The summed E-state index contributed by atoms with van der Waals surface area (Å²) in [5, 5.41) is 8.25. The summed E-state index contributed by atoms with van der Waals surface area (Å²) in [6, 6.07) is 3.79. The molecule has 0 bridgehead atoms. The summed E-state index contributed by atoms with van der Waals surface area (Å²) in [4.78, 5) is 6.47. The number of benzene rings is 1. The lowest BCUT2D eigenvalue weighted by Crippen LogP contribution is -2.27. The van der Waals surface area contributed by atoms with Crippen molar-refractivity contribution in [2.24, 2.45) is 7.05 Å². The minimum Gasteiger partial charge on any atom is -0.338 e. The van der Waals surface area contributed by atoms with Crippen LogP contribution >= 0.6 is 0 Å². The zero-order valence-electron chi connectivity index (χ0n) is 14.6. The molecule has 136 valence electrons. The monoisotopic (exact) mass is 359 g/mol.